The normalized spacial score (nSPS) is 12.2. The van der Waals surface area contributed by atoms with Crippen molar-refractivity contribution in [2.24, 2.45) is 0 Å². The van der Waals surface area contributed by atoms with E-state index in [4.69, 9.17) is 4.74 Å². The van der Waals surface area contributed by atoms with Gasteiger partial charge in [-0.1, -0.05) is 13.0 Å². The van der Waals surface area contributed by atoms with Crippen LogP contribution in [0.1, 0.15) is 24.1 Å². The molecule has 20 heavy (non-hydrogen) atoms. The van der Waals surface area contributed by atoms with Crippen molar-refractivity contribution in [1.29, 1.82) is 0 Å². The zero-order chi connectivity index (χ0) is 14.4. The highest BCUT2D eigenvalue weighted by Crippen LogP contribution is 2.27. The molecule has 0 saturated carbocycles. The molecule has 1 aromatic carbocycles. The topological polar surface area (TPSA) is 47.0 Å². The van der Waals surface area contributed by atoms with E-state index in [9.17, 15) is 0 Å². The van der Waals surface area contributed by atoms with Crippen molar-refractivity contribution in [3.63, 3.8) is 0 Å². The molecule has 0 aliphatic carbocycles. The number of methoxy groups -OCH3 is 1. The summed E-state index contributed by atoms with van der Waals surface area (Å²) in [4.78, 5) is 8.19. The molecule has 0 fully saturated rings. The summed E-state index contributed by atoms with van der Waals surface area (Å²) < 4.78 is 6.22. The molecule has 0 bridgehead atoms. The van der Waals surface area contributed by atoms with Crippen LogP contribution in [0, 0.1) is 0 Å². The van der Waals surface area contributed by atoms with Crippen LogP contribution >= 0.6 is 15.9 Å². The van der Waals surface area contributed by atoms with Crippen LogP contribution in [0.15, 0.2) is 41.4 Å². The Morgan fingerprint density at radius 1 is 1.30 bits per heavy atom. The first-order valence-electron chi connectivity index (χ1n) is 6.55. The molecule has 0 radical (unpaired) electrons. The largest absolute Gasteiger partial charge is 0.496 e. The summed E-state index contributed by atoms with van der Waals surface area (Å²) in [5.41, 5.74) is 2.33. The third-order valence-electron chi connectivity index (χ3n) is 3.09. The second-order valence-electron chi connectivity index (χ2n) is 4.46. The molecule has 106 valence electrons. The minimum Gasteiger partial charge on any atom is -0.496 e. The molecule has 0 aliphatic heterocycles. The Labute approximate surface area is 127 Å². The second kappa shape index (κ2) is 7.36. The molecular weight excluding hydrogens is 318 g/mol. The number of hydrogen-bond acceptors (Lipinski definition) is 4. The Hall–Kier alpha value is -1.46. The van der Waals surface area contributed by atoms with Gasteiger partial charge in [0, 0.05) is 24.0 Å². The Morgan fingerprint density at radius 3 is 2.65 bits per heavy atom. The summed E-state index contributed by atoms with van der Waals surface area (Å²) in [5, 5.41) is 3.47. The maximum absolute atomic E-state index is 5.25. The predicted molar refractivity (Wildman–Crippen MR) is 82.8 cm³/mol. The van der Waals surface area contributed by atoms with Gasteiger partial charge in [0.1, 0.15) is 12.1 Å². The number of nitrogens with zero attached hydrogens (tertiary/aromatic N) is 2. The number of likely N-dealkylation sites (N-methyl/N-ethyl adjacent to an activating group) is 1. The molecule has 2 rings (SSSR count). The number of benzene rings is 1. The average Bonchev–Trinajstić information content (AvgIpc) is 2.48. The lowest BCUT2D eigenvalue weighted by molar-refractivity contribution is 0.412. The third kappa shape index (κ3) is 3.77. The van der Waals surface area contributed by atoms with Gasteiger partial charge in [0.2, 0.25) is 0 Å². The van der Waals surface area contributed by atoms with Crippen LogP contribution in [-0.2, 0) is 6.42 Å². The Bertz CT molecular complexity index is 548. The van der Waals surface area contributed by atoms with Gasteiger partial charge in [-0.15, -0.1) is 0 Å². The summed E-state index contributed by atoms with van der Waals surface area (Å²) in [5.74, 6) is 0.844. The first-order chi connectivity index (χ1) is 9.74. The van der Waals surface area contributed by atoms with Crippen molar-refractivity contribution in [3.05, 3.63) is 52.5 Å². The van der Waals surface area contributed by atoms with E-state index in [0.29, 0.717) is 0 Å². The van der Waals surface area contributed by atoms with Gasteiger partial charge in [-0.3, -0.25) is 0 Å². The van der Waals surface area contributed by atoms with Crippen LogP contribution in [0.25, 0.3) is 0 Å². The van der Waals surface area contributed by atoms with E-state index in [0.717, 1.165) is 28.8 Å². The third-order valence-corrected chi connectivity index (χ3v) is 3.71. The predicted octanol–water partition coefficient (Wildman–Crippen LogP) is 3.14. The molecule has 1 N–H and O–H groups in total. The fourth-order valence-electron chi connectivity index (χ4n) is 2.12. The lowest BCUT2D eigenvalue weighted by Gasteiger charge is -2.18. The Kier molecular flexibility index (Phi) is 5.49. The van der Waals surface area contributed by atoms with Gasteiger partial charge in [0.25, 0.3) is 0 Å². The Balaban J connectivity index is 2.18. The van der Waals surface area contributed by atoms with Gasteiger partial charge in [0.05, 0.1) is 11.6 Å². The van der Waals surface area contributed by atoms with Crippen LogP contribution in [0.5, 0.6) is 5.75 Å². The molecule has 0 saturated heterocycles. The second-order valence-corrected chi connectivity index (χ2v) is 5.31. The zero-order valence-corrected chi connectivity index (χ0v) is 13.2. The summed E-state index contributed by atoms with van der Waals surface area (Å²) in [6.45, 7) is 3.00. The molecule has 2 aromatic rings. The fraction of sp³-hybridized carbons (Fsp3) is 0.333. The van der Waals surface area contributed by atoms with Gasteiger partial charge in [0.15, 0.2) is 0 Å². The lowest BCUT2D eigenvalue weighted by Crippen LogP contribution is -2.23. The maximum Gasteiger partial charge on any atom is 0.133 e. The monoisotopic (exact) mass is 335 g/mol. The van der Waals surface area contributed by atoms with Crippen LogP contribution in [0.3, 0.4) is 0 Å². The maximum atomic E-state index is 5.25. The van der Waals surface area contributed by atoms with Crippen molar-refractivity contribution in [2.75, 3.05) is 13.7 Å². The number of aromatic nitrogens is 2. The fourth-order valence-corrected chi connectivity index (χ4v) is 2.71. The van der Waals surface area contributed by atoms with Crippen LogP contribution in [0.4, 0.5) is 0 Å². The van der Waals surface area contributed by atoms with E-state index in [2.05, 4.69) is 50.3 Å². The van der Waals surface area contributed by atoms with E-state index < -0.39 is 0 Å². The van der Waals surface area contributed by atoms with Crippen molar-refractivity contribution in [3.8, 4) is 5.75 Å². The van der Waals surface area contributed by atoms with E-state index in [-0.39, 0.29) is 6.04 Å². The lowest BCUT2D eigenvalue weighted by atomic mass is 10.0. The highest BCUT2D eigenvalue weighted by Gasteiger charge is 2.12. The molecule has 1 aromatic heterocycles. The van der Waals surface area contributed by atoms with Crippen molar-refractivity contribution < 1.29 is 4.74 Å². The van der Waals surface area contributed by atoms with Crippen LogP contribution < -0.4 is 10.1 Å². The van der Waals surface area contributed by atoms with E-state index >= 15 is 0 Å². The highest BCUT2D eigenvalue weighted by atomic mass is 79.9. The highest BCUT2D eigenvalue weighted by molar-refractivity contribution is 9.10. The first kappa shape index (κ1) is 14.9. The quantitative estimate of drug-likeness (QED) is 0.880. The van der Waals surface area contributed by atoms with E-state index in [1.165, 1.54) is 5.56 Å². The van der Waals surface area contributed by atoms with E-state index in [1.807, 2.05) is 18.5 Å². The molecule has 5 heteroatoms. The number of rotatable bonds is 6. The number of nitrogens with one attached hydrogen (secondary N) is 1. The molecule has 0 amide bonds. The summed E-state index contributed by atoms with van der Waals surface area (Å²) >= 11 is 3.52. The van der Waals surface area contributed by atoms with Gasteiger partial charge in [-0.2, -0.15) is 0 Å². The van der Waals surface area contributed by atoms with Crippen molar-refractivity contribution >= 4 is 15.9 Å². The molecule has 0 spiro atoms. The number of hydrogen-bond donors (Lipinski definition) is 1. The molecule has 4 nitrogen and oxygen atoms in total. The van der Waals surface area contributed by atoms with Gasteiger partial charge in [-0.25, -0.2) is 9.97 Å². The zero-order valence-electron chi connectivity index (χ0n) is 11.6. The number of ether oxygens (including phenoxy) is 1. The summed E-state index contributed by atoms with van der Waals surface area (Å²) in [6, 6.07) is 6.36. The summed E-state index contributed by atoms with van der Waals surface area (Å²) in [6.07, 6.45) is 6.15. The van der Waals surface area contributed by atoms with E-state index in [1.54, 1.807) is 13.4 Å². The molecule has 1 unspecified atom stereocenters. The summed E-state index contributed by atoms with van der Waals surface area (Å²) in [7, 11) is 1.67. The molecule has 0 aliphatic rings. The number of halogens is 1. The van der Waals surface area contributed by atoms with Crippen molar-refractivity contribution in [2.45, 2.75) is 19.4 Å². The minimum atomic E-state index is 0.210. The standard InChI is InChI=1S/C15H18BrN3O/c1-3-19-14(12-8-17-10-18-9-12)7-11-4-5-15(20-2)13(16)6-11/h4-6,8-10,14,19H,3,7H2,1-2H3. The SMILES string of the molecule is CCNC(Cc1ccc(OC)c(Br)c1)c1cncnc1. The van der Waals surface area contributed by atoms with Gasteiger partial charge >= 0.3 is 0 Å². The van der Waals surface area contributed by atoms with Gasteiger partial charge < -0.3 is 10.1 Å². The minimum absolute atomic E-state index is 0.210. The average molecular weight is 336 g/mol. The Morgan fingerprint density at radius 2 is 2.05 bits per heavy atom. The van der Waals surface area contributed by atoms with Gasteiger partial charge in [-0.05, 0) is 46.6 Å². The first-order valence-corrected chi connectivity index (χ1v) is 7.34. The smallest absolute Gasteiger partial charge is 0.133 e. The molecule has 1 heterocycles. The van der Waals surface area contributed by atoms with Crippen LogP contribution in [0.2, 0.25) is 0 Å². The molecule has 1 atom stereocenters. The van der Waals surface area contributed by atoms with Crippen molar-refractivity contribution in [1.82, 2.24) is 15.3 Å². The van der Waals surface area contributed by atoms with Crippen LogP contribution in [-0.4, -0.2) is 23.6 Å². The molecular formula is C15H18BrN3O.